The van der Waals surface area contributed by atoms with Crippen LogP contribution in [0.3, 0.4) is 0 Å². The molecule has 82 valence electrons. The van der Waals surface area contributed by atoms with Crippen LogP contribution in [0, 0.1) is 5.92 Å². The molecule has 14 heavy (non-hydrogen) atoms. The third-order valence-corrected chi connectivity index (χ3v) is 3.43. The van der Waals surface area contributed by atoms with E-state index in [1.165, 1.54) is 12.8 Å². The van der Waals surface area contributed by atoms with Gasteiger partial charge in [-0.25, -0.2) is 0 Å². The lowest BCUT2D eigenvalue weighted by molar-refractivity contribution is -0.0420. The molecule has 0 radical (unpaired) electrons. The normalized spacial score (nSPS) is 39.4. The van der Waals surface area contributed by atoms with Crippen LogP contribution in [0.15, 0.2) is 0 Å². The van der Waals surface area contributed by atoms with Crippen LogP contribution in [0.5, 0.6) is 0 Å². The first-order valence-corrected chi connectivity index (χ1v) is 5.71. The van der Waals surface area contributed by atoms with E-state index in [0.717, 1.165) is 32.6 Å². The second-order valence-corrected chi connectivity index (χ2v) is 5.04. The van der Waals surface area contributed by atoms with Gasteiger partial charge in [0.25, 0.3) is 0 Å². The molecule has 2 atom stereocenters. The first-order valence-electron chi connectivity index (χ1n) is 5.71. The first kappa shape index (κ1) is 10.4. The number of hydrogen-bond donors (Lipinski definition) is 2. The van der Waals surface area contributed by atoms with Crippen molar-refractivity contribution in [3.05, 3.63) is 0 Å². The highest BCUT2D eigenvalue weighted by molar-refractivity contribution is 4.89. The summed E-state index contributed by atoms with van der Waals surface area (Å²) in [7, 11) is 0. The Labute approximate surface area is 85.8 Å². The number of hydrogen-bond acceptors (Lipinski definition) is 3. The quantitative estimate of drug-likeness (QED) is 0.710. The highest BCUT2D eigenvalue weighted by Gasteiger charge is 2.33. The molecule has 0 spiro atoms. The molecular weight excluding hydrogens is 178 g/mol. The van der Waals surface area contributed by atoms with E-state index in [4.69, 9.17) is 4.74 Å². The van der Waals surface area contributed by atoms with Gasteiger partial charge >= 0.3 is 0 Å². The maximum Gasteiger partial charge on any atom is 0.0774 e. The summed E-state index contributed by atoms with van der Waals surface area (Å²) in [4.78, 5) is 0. The lowest BCUT2D eigenvalue weighted by Gasteiger charge is -2.38. The fraction of sp³-hybridized carbons (Fsp3) is 1.00. The van der Waals surface area contributed by atoms with E-state index in [1.54, 1.807) is 0 Å². The zero-order valence-electron chi connectivity index (χ0n) is 8.96. The van der Waals surface area contributed by atoms with Crippen LogP contribution < -0.4 is 5.32 Å². The van der Waals surface area contributed by atoms with Crippen LogP contribution in [0.4, 0.5) is 0 Å². The summed E-state index contributed by atoms with van der Waals surface area (Å²) in [6.07, 6.45) is 4.35. The van der Waals surface area contributed by atoms with Crippen LogP contribution >= 0.6 is 0 Å². The molecule has 1 heterocycles. The molecule has 1 aliphatic heterocycles. The summed E-state index contributed by atoms with van der Waals surface area (Å²) in [6.45, 7) is 4.60. The third-order valence-electron chi connectivity index (χ3n) is 3.43. The first-order chi connectivity index (χ1) is 6.68. The van der Waals surface area contributed by atoms with E-state index >= 15 is 0 Å². The largest absolute Gasteiger partial charge is 0.389 e. The van der Waals surface area contributed by atoms with Crippen molar-refractivity contribution in [2.24, 2.45) is 5.92 Å². The number of ether oxygens (including phenoxy) is 1. The monoisotopic (exact) mass is 199 g/mol. The Morgan fingerprint density at radius 3 is 2.86 bits per heavy atom. The Bertz CT molecular complexity index is 194. The van der Waals surface area contributed by atoms with Gasteiger partial charge in [0.2, 0.25) is 0 Å². The number of rotatable bonds is 3. The fourth-order valence-corrected chi connectivity index (χ4v) is 2.48. The molecular formula is C11H21NO2. The molecule has 2 fully saturated rings. The molecule has 3 nitrogen and oxygen atoms in total. The van der Waals surface area contributed by atoms with Gasteiger partial charge in [0.05, 0.1) is 24.9 Å². The molecule has 0 aromatic rings. The van der Waals surface area contributed by atoms with Gasteiger partial charge in [0.15, 0.2) is 0 Å². The smallest absolute Gasteiger partial charge is 0.0774 e. The van der Waals surface area contributed by atoms with E-state index < -0.39 is 5.60 Å². The number of nitrogens with one attached hydrogen (secondary N) is 1. The summed E-state index contributed by atoms with van der Waals surface area (Å²) in [5.74, 6) is 0.674. The van der Waals surface area contributed by atoms with Crippen molar-refractivity contribution in [3.8, 4) is 0 Å². The average molecular weight is 199 g/mol. The zero-order valence-corrected chi connectivity index (χ0v) is 8.96. The Kier molecular flexibility index (Phi) is 3.10. The maximum absolute atomic E-state index is 10.3. The molecule has 0 aromatic heterocycles. The van der Waals surface area contributed by atoms with Crippen LogP contribution in [0.1, 0.15) is 32.6 Å². The van der Waals surface area contributed by atoms with Crippen LogP contribution in [0.25, 0.3) is 0 Å². The van der Waals surface area contributed by atoms with Gasteiger partial charge in [0, 0.05) is 6.54 Å². The molecule has 3 heteroatoms. The van der Waals surface area contributed by atoms with Crippen molar-refractivity contribution in [1.82, 2.24) is 5.32 Å². The van der Waals surface area contributed by atoms with Gasteiger partial charge in [0.1, 0.15) is 0 Å². The van der Waals surface area contributed by atoms with Crippen molar-refractivity contribution >= 4 is 0 Å². The van der Waals surface area contributed by atoms with Gasteiger partial charge < -0.3 is 15.2 Å². The van der Waals surface area contributed by atoms with Gasteiger partial charge in [-0.15, -0.1) is 0 Å². The predicted molar refractivity (Wildman–Crippen MR) is 55.2 cm³/mol. The summed E-state index contributed by atoms with van der Waals surface area (Å²) in [5, 5.41) is 13.7. The minimum absolute atomic E-state index is 0.451. The standard InChI is InChI=1S/C11H21NO2/c1-9-3-2-4-11(13,5-9)8-12-10-6-14-7-10/h9-10,12-13H,2-8H2,1H3. The summed E-state index contributed by atoms with van der Waals surface area (Å²) >= 11 is 0. The van der Waals surface area contributed by atoms with Crippen molar-refractivity contribution in [2.75, 3.05) is 19.8 Å². The van der Waals surface area contributed by atoms with Gasteiger partial charge in [-0.1, -0.05) is 19.8 Å². The Hall–Kier alpha value is -0.120. The van der Waals surface area contributed by atoms with E-state index in [2.05, 4.69) is 12.2 Å². The van der Waals surface area contributed by atoms with Gasteiger partial charge in [-0.3, -0.25) is 0 Å². The minimum Gasteiger partial charge on any atom is -0.389 e. The van der Waals surface area contributed by atoms with E-state index in [0.29, 0.717) is 12.0 Å². The van der Waals surface area contributed by atoms with Crippen LogP contribution in [0.2, 0.25) is 0 Å². The van der Waals surface area contributed by atoms with Crippen molar-refractivity contribution in [3.63, 3.8) is 0 Å². The summed E-state index contributed by atoms with van der Waals surface area (Å²) in [6, 6.07) is 0.483. The molecule has 0 amide bonds. The Balaban J connectivity index is 1.75. The molecule has 2 rings (SSSR count). The van der Waals surface area contributed by atoms with Gasteiger partial charge in [-0.05, 0) is 18.8 Å². The third kappa shape index (κ3) is 2.47. The molecule has 0 bridgehead atoms. The lowest BCUT2D eigenvalue weighted by atomic mass is 9.79. The Morgan fingerprint density at radius 1 is 1.50 bits per heavy atom. The van der Waals surface area contributed by atoms with E-state index in [9.17, 15) is 5.11 Å². The van der Waals surface area contributed by atoms with E-state index in [1.807, 2.05) is 0 Å². The molecule has 0 aromatic carbocycles. The zero-order chi connectivity index (χ0) is 10.0. The highest BCUT2D eigenvalue weighted by Crippen LogP contribution is 2.31. The molecule has 1 saturated heterocycles. The topological polar surface area (TPSA) is 41.5 Å². The lowest BCUT2D eigenvalue weighted by Crippen LogP contribution is -2.53. The summed E-state index contributed by atoms with van der Waals surface area (Å²) < 4.78 is 5.08. The predicted octanol–water partition coefficient (Wildman–Crippen LogP) is 0.916. The second-order valence-electron chi connectivity index (χ2n) is 5.04. The SMILES string of the molecule is CC1CCCC(O)(CNC2COC2)C1. The molecule has 2 aliphatic rings. The van der Waals surface area contributed by atoms with Crippen LogP contribution in [-0.4, -0.2) is 36.5 Å². The van der Waals surface area contributed by atoms with Crippen molar-refractivity contribution < 1.29 is 9.84 Å². The molecule has 2 N–H and O–H groups in total. The minimum atomic E-state index is -0.451. The number of aliphatic hydroxyl groups is 1. The fourth-order valence-electron chi connectivity index (χ4n) is 2.48. The summed E-state index contributed by atoms with van der Waals surface area (Å²) in [5.41, 5.74) is -0.451. The molecule has 1 saturated carbocycles. The van der Waals surface area contributed by atoms with Gasteiger partial charge in [-0.2, -0.15) is 0 Å². The highest BCUT2D eigenvalue weighted by atomic mass is 16.5. The second kappa shape index (κ2) is 4.17. The van der Waals surface area contributed by atoms with Crippen molar-refractivity contribution in [2.45, 2.75) is 44.2 Å². The molecule has 2 unspecified atom stereocenters. The maximum atomic E-state index is 10.3. The Morgan fingerprint density at radius 2 is 2.29 bits per heavy atom. The van der Waals surface area contributed by atoms with Crippen LogP contribution in [-0.2, 0) is 4.74 Å². The molecule has 1 aliphatic carbocycles. The average Bonchev–Trinajstić information content (AvgIpc) is 2.00. The van der Waals surface area contributed by atoms with E-state index in [-0.39, 0.29) is 0 Å². The van der Waals surface area contributed by atoms with Crippen molar-refractivity contribution in [1.29, 1.82) is 0 Å².